The molecule has 1 aliphatic rings. The molecular weight excluding hydrogens is 500 g/mol. The lowest BCUT2D eigenvalue weighted by molar-refractivity contribution is -0.122. The van der Waals surface area contributed by atoms with Crippen molar-refractivity contribution in [2.75, 3.05) is 33.1 Å². The van der Waals surface area contributed by atoms with Gasteiger partial charge in [-0.3, -0.25) is 19.2 Å². The van der Waals surface area contributed by atoms with Crippen LogP contribution in [0, 0.1) is 12.8 Å². The van der Waals surface area contributed by atoms with E-state index in [1.54, 1.807) is 29.2 Å². The first-order chi connectivity index (χ1) is 17.3. The average Bonchev–Trinajstić information content (AvgIpc) is 3.45. The number of rotatable bonds is 8. The lowest BCUT2D eigenvalue weighted by atomic mass is 10.1. The van der Waals surface area contributed by atoms with Crippen LogP contribution in [0.25, 0.3) is 0 Å². The minimum atomic E-state index is -0.485. The van der Waals surface area contributed by atoms with Crippen molar-refractivity contribution in [1.29, 1.82) is 0 Å². The number of aromatic nitrogens is 2. The topological polar surface area (TPSA) is 133 Å². The summed E-state index contributed by atoms with van der Waals surface area (Å²) in [6.07, 6.45) is 0.131. The van der Waals surface area contributed by atoms with Gasteiger partial charge < -0.3 is 20.9 Å². The number of nitrogens with one attached hydrogen (secondary N) is 3. The van der Waals surface area contributed by atoms with Crippen molar-refractivity contribution in [3.8, 4) is 0 Å². The summed E-state index contributed by atoms with van der Waals surface area (Å²) in [5, 5.41) is 16.5. The minimum absolute atomic E-state index is 0.0942. The van der Waals surface area contributed by atoms with E-state index in [-0.39, 0.29) is 35.8 Å². The van der Waals surface area contributed by atoms with Crippen molar-refractivity contribution in [2.24, 2.45) is 5.92 Å². The molecule has 0 spiro atoms. The molecule has 186 valence electrons. The summed E-state index contributed by atoms with van der Waals surface area (Å²) in [6.45, 7) is 3.70. The number of amides is 4. The van der Waals surface area contributed by atoms with Gasteiger partial charge >= 0.3 is 0 Å². The predicted molar refractivity (Wildman–Crippen MR) is 140 cm³/mol. The highest BCUT2D eigenvalue weighted by atomic mass is 32.2. The molecule has 4 rings (SSSR count). The Labute approximate surface area is 215 Å². The van der Waals surface area contributed by atoms with Crippen LogP contribution in [0.5, 0.6) is 0 Å². The van der Waals surface area contributed by atoms with Crippen molar-refractivity contribution in [2.45, 2.75) is 24.6 Å². The number of carbonyl (C=O) groups excluding carboxylic acids is 4. The highest BCUT2D eigenvalue weighted by molar-refractivity contribution is 8.01. The van der Waals surface area contributed by atoms with E-state index >= 15 is 0 Å². The van der Waals surface area contributed by atoms with Gasteiger partial charge in [-0.25, -0.2) is 0 Å². The molecule has 1 atom stereocenters. The van der Waals surface area contributed by atoms with Crippen LogP contribution in [0.3, 0.4) is 0 Å². The zero-order chi connectivity index (χ0) is 25.7. The number of anilines is 4. The van der Waals surface area contributed by atoms with Crippen molar-refractivity contribution >= 4 is 68.9 Å². The molecule has 0 unspecified atom stereocenters. The molecule has 2 heterocycles. The fourth-order valence-electron chi connectivity index (χ4n) is 3.55. The fourth-order valence-corrected chi connectivity index (χ4v) is 5.10. The quantitative estimate of drug-likeness (QED) is 0.303. The van der Waals surface area contributed by atoms with E-state index in [9.17, 15) is 19.2 Å². The second-order valence-corrected chi connectivity index (χ2v) is 10.4. The third kappa shape index (κ3) is 6.67. The Bertz CT molecular complexity index is 1280. The van der Waals surface area contributed by atoms with Crippen molar-refractivity contribution in [3.05, 3.63) is 54.1 Å². The van der Waals surface area contributed by atoms with E-state index in [0.717, 1.165) is 11.3 Å². The Hall–Kier alpha value is -3.77. The zero-order valence-electron chi connectivity index (χ0n) is 19.6. The van der Waals surface area contributed by atoms with Crippen LogP contribution >= 0.6 is 23.1 Å². The summed E-state index contributed by atoms with van der Waals surface area (Å²) in [5.74, 6) is -1.15. The van der Waals surface area contributed by atoms with Gasteiger partial charge in [0.05, 0.1) is 11.7 Å². The van der Waals surface area contributed by atoms with Crippen molar-refractivity contribution < 1.29 is 19.2 Å². The maximum atomic E-state index is 12.7. The second-order valence-electron chi connectivity index (χ2n) is 8.20. The Morgan fingerprint density at radius 1 is 1.00 bits per heavy atom. The zero-order valence-corrected chi connectivity index (χ0v) is 21.2. The van der Waals surface area contributed by atoms with Gasteiger partial charge in [-0.2, -0.15) is 0 Å². The van der Waals surface area contributed by atoms with E-state index in [2.05, 4.69) is 26.1 Å². The number of nitrogens with zero attached hydrogens (tertiary/aromatic N) is 3. The average molecular weight is 525 g/mol. The lowest BCUT2D eigenvalue weighted by Gasteiger charge is -2.16. The molecular formula is C24H24N6O4S2. The molecule has 10 nitrogen and oxygen atoms in total. The van der Waals surface area contributed by atoms with E-state index in [0.29, 0.717) is 27.4 Å². The van der Waals surface area contributed by atoms with E-state index in [4.69, 9.17) is 0 Å². The maximum absolute atomic E-state index is 12.7. The molecule has 1 aliphatic heterocycles. The van der Waals surface area contributed by atoms with Gasteiger partial charge in [-0.15, -0.1) is 10.2 Å². The van der Waals surface area contributed by atoms with Gasteiger partial charge in [-0.1, -0.05) is 40.8 Å². The van der Waals surface area contributed by atoms with E-state index in [1.165, 1.54) is 30.0 Å². The van der Waals surface area contributed by atoms with Crippen LogP contribution < -0.4 is 20.9 Å². The number of hydrogen-bond donors (Lipinski definition) is 3. The van der Waals surface area contributed by atoms with Crippen LogP contribution in [0.15, 0.2) is 52.9 Å². The Morgan fingerprint density at radius 2 is 1.67 bits per heavy atom. The Balaban J connectivity index is 1.24. The molecule has 3 aromatic rings. The van der Waals surface area contributed by atoms with Gasteiger partial charge in [0.2, 0.25) is 28.8 Å². The number of thioether (sulfide) groups is 1. The molecule has 0 aliphatic carbocycles. The molecule has 1 aromatic heterocycles. The molecule has 1 saturated heterocycles. The van der Waals surface area contributed by atoms with Gasteiger partial charge in [0.25, 0.3) is 0 Å². The first-order valence-corrected chi connectivity index (χ1v) is 12.9. The normalized spacial score (nSPS) is 15.0. The van der Waals surface area contributed by atoms with Gasteiger partial charge in [0, 0.05) is 37.0 Å². The summed E-state index contributed by atoms with van der Waals surface area (Å²) in [5.41, 5.74) is 3.12. The Morgan fingerprint density at radius 3 is 2.33 bits per heavy atom. The predicted octanol–water partition coefficient (Wildman–Crippen LogP) is 3.53. The number of benzene rings is 2. The first-order valence-electron chi connectivity index (χ1n) is 11.1. The molecule has 1 fully saturated rings. The molecule has 36 heavy (non-hydrogen) atoms. The second kappa shape index (κ2) is 11.3. The molecule has 3 N–H and O–H groups in total. The molecule has 0 saturated carbocycles. The van der Waals surface area contributed by atoms with Gasteiger partial charge in [0.1, 0.15) is 0 Å². The summed E-state index contributed by atoms with van der Waals surface area (Å²) in [7, 11) is 0. The number of carbonyl (C=O) groups is 4. The highest BCUT2D eigenvalue weighted by Crippen LogP contribution is 2.29. The molecule has 0 bridgehead atoms. The molecule has 12 heteroatoms. The van der Waals surface area contributed by atoms with Gasteiger partial charge in [0.15, 0.2) is 4.34 Å². The van der Waals surface area contributed by atoms with Crippen molar-refractivity contribution in [3.63, 3.8) is 0 Å². The molecule has 0 radical (unpaired) electrons. The number of aryl methyl sites for hydroxylation is 1. The van der Waals surface area contributed by atoms with E-state index in [1.807, 2.05) is 31.2 Å². The minimum Gasteiger partial charge on any atom is -0.326 e. The standard InChI is InChI=1S/C24H24N6O4S2/c1-14-3-9-19(10-4-14)30-12-16(11-21(30)33)22(34)27-23-28-29-24(36-23)35-13-20(32)26-18-7-5-17(6-8-18)25-15(2)31/h3-10,16H,11-13H2,1-2H3,(H,25,31)(H,26,32)(H,27,28,34)/t16-/m1/s1. The van der Waals surface area contributed by atoms with Crippen molar-refractivity contribution in [1.82, 2.24) is 10.2 Å². The lowest BCUT2D eigenvalue weighted by Crippen LogP contribution is -2.28. The smallest absolute Gasteiger partial charge is 0.234 e. The Kier molecular flexibility index (Phi) is 7.96. The van der Waals surface area contributed by atoms with E-state index < -0.39 is 5.92 Å². The monoisotopic (exact) mass is 524 g/mol. The number of hydrogen-bond acceptors (Lipinski definition) is 8. The van der Waals surface area contributed by atoms with Crippen LogP contribution in [-0.4, -0.2) is 46.1 Å². The van der Waals surface area contributed by atoms with Crippen LogP contribution in [-0.2, 0) is 19.2 Å². The fraction of sp³-hybridized carbons (Fsp3) is 0.250. The largest absolute Gasteiger partial charge is 0.326 e. The van der Waals surface area contributed by atoms with Crippen LogP contribution in [0.1, 0.15) is 18.9 Å². The highest BCUT2D eigenvalue weighted by Gasteiger charge is 2.35. The van der Waals surface area contributed by atoms with Crippen LogP contribution in [0.4, 0.5) is 22.2 Å². The first kappa shape index (κ1) is 25.3. The summed E-state index contributed by atoms with van der Waals surface area (Å²) in [4.78, 5) is 50.1. The summed E-state index contributed by atoms with van der Waals surface area (Å²) < 4.78 is 0.533. The van der Waals surface area contributed by atoms with Gasteiger partial charge in [-0.05, 0) is 43.3 Å². The van der Waals surface area contributed by atoms with Crippen LogP contribution in [0.2, 0.25) is 0 Å². The third-order valence-electron chi connectivity index (χ3n) is 5.29. The molecule has 2 aromatic carbocycles. The summed E-state index contributed by atoms with van der Waals surface area (Å²) >= 11 is 2.37. The molecule has 4 amide bonds. The summed E-state index contributed by atoms with van der Waals surface area (Å²) in [6, 6.07) is 14.4. The third-order valence-corrected chi connectivity index (χ3v) is 7.27. The maximum Gasteiger partial charge on any atom is 0.234 e. The SMILES string of the molecule is CC(=O)Nc1ccc(NC(=O)CSc2nnc(NC(=O)[C@@H]3CC(=O)N(c4ccc(C)cc4)C3)s2)cc1.